The molecule has 0 unspecified atom stereocenters. The van der Waals surface area contributed by atoms with Crippen molar-refractivity contribution in [2.75, 3.05) is 17.2 Å². The lowest BCUT2D eigenvalue weighted by molar-refractivity contribution is -0.116. The minimum atomic E-state index is -3.69. The zero-order valence-electron chi connectivity index (χ0n) is 14.2. The van der Waals surface area contributed by atoms with Crippen LogP contribution in [0.25, 0.3) is 0 Å². The number of nitrogens with one attached hydrogen (secondary N) is 1. The monoisotopic (exact) mass is 410 g/mol. The smallest absolute Gasteiger partial charge is 0.240 e. The minimum absolute atomic E-state index is 0.0857. The molecule has 3 rings (SSSR count). The molecular weight excluding hydrogens is 392 g/mol. The highest BCUT2D eigenvalue weighted by atomic mass is 35.5. The van der Waals surface area contributed by atoms with E-state index in [0.29, 0.717) is 17.3 Å². The van der Waals surface area contributed by atoms with Gasteiger partial charge >= 0.3 is 0 Å². The lowest BCUT2D eigenvalue weighted by Gasteiger charge is -2.21. The molecule has 1 amide bonds. The van der Waals surface area contributed by atoms with Crippen LogP contribution < -0.4 is 9.62 Å². The molecule has 0 bridgehead atoms. The van der Waals surface area contributed by atoms with Gasteiger partial charge in [0.1, 0.15) is 0 Å². The van der Waals surface area contributed by atoms with Crippen molar-refractivity contribution in [2.24, 2.45) is 0 Å². The fraction of sp³-hybridized carbons (Fsp3) is 0.278. The van der Waals surface area contributed by atoms with E-state index >= 15 is 0 Å². The van der Waals surface area contributed by atoms with Crippen molar-refractivity contribution in [3.63, 3.8) is 0 Å². The first kappa shape index (κ1) is 19.2. The number of thioether (sulfide) groups is 1. The third-order valence-corrected chi connectivity index (χ3v) is 6.87. The second kappa shape index (κ2) is 8.00. The summed E-state index contributed by atoms with van der Waals surface area (Å²) in [4.78, 5) is 14.7. The molecule has 0 aromatic heterocycles. The molecule has 26 heavy (non-hydrogen) atoms. The Hall–Kier alpha value is -1.54. The molecule has 0 saturated heterocycles. The number of anilines is 1. The molecule has 1 aliphatic rings. The van der Waals surface area contributed by atoms with Gasteiger partial charge in [0.05, 0.1) is 10.6 Å². The quantitative estimate of drug-likeness (QED) is 0.835. The molecule has 0 atom stereocenters. The Labute approximate surface area is 162 Å². The van der Waals surface area contributed by atoms with E-state index in [1.807, 2.05) is 0 Å². The second-order valence-corrected chi connectivity index (χ2v) is 9.29. The number of amides is 1. The standard InChI is InChI=1S/C18H19ClN2O3S2/c1-13(22)21-9-2-10-25-18-8-7-16(11-17(18)21)26(23,24)20-12-14-3-5-15(19)6-4-14/h3-8,11,20H,2,9-10,12H2,1H3. The van der Waals surface area contributed by atoms with Crippen molar-refractivity contribution in [1.29, 1.82) is 0 Å². The van der Waals surface area contributed by atoms with Crippen molar-refractivity contribution in [1.82, 2.24) is 4.72 Å². The lowest BCUT2D eigenvalue weighted by Crippen LogP contribution is -2.30. The average Bonchev–Trinajstić information content (AvgIpc) is 2.83. The summed E-state index contributed by atoms with van der Waals surface area (Å²) in [6.07, 6.45) is 0.871. The molecule has 2 aromatic carbocycles. The van der Waals surface area contributed by atoms with Crippen LogP contribution in [0.5, 0.6) is 0 Å². The highest BCUT2D eigenvalue weighted by Crippen LogP contribution is 2.35. The van der Waals surface area contributed by atoms with Crippen LogP contribution in [0.15, 0.2) is 52.3 Å². The first-order chi connectivity index (χ1) is 12.4. The van der Waals surface area contributed by atoms with Crippen LogP contribution in [0.4, 0.5) is 5.69 Å². The zero-order chi connectivity index (χ0) is 18.7. The predicted octanol–water partition coefficient (Wildman–Crippen LogP) is 3.67. The summed E-state index contributed by atoms with van der Waals surface area (Å²) in [5.41, 5.74) is 1.48. The molecule has 1 aliphatic heterocycles. The SMILES string of the molecule is CC(=O)N1CCCSc2ccc(S(=O)(=O)NCc3ccc(Cl)cc3)cc21. The van der Waals surface area contributed by atoms with Gasteiger partial charge in [0, 0.05) is 29.9 Å². The zero-order valence-corrected chi connectivity index (χ0v) is 16.6. The van der Waals surface area contributed by atoms with Gasteiger partial charge in [0.15, 0.2) is 0 Å². The maximum Gasteiger partial charge on any atom is 0.240 e. The van der Waals surface area contributed by atoms with Gasteiger partial charge in [-0.25, -0.2) is 13.1 Å². The number of sulfonamides is 1. The number of carbonyl (C=O) groups is 1. The Bertz CT molecular complexity index is 915. The molecule has 138 valence electrons. The van der Waals surface area contributed by atoms with Gasteiger partial charge in [-0.2, -0.15) is 0 Å². The fourth-order valence-electron chi connectivity index (χ4n) is 2.71. The third-order valence-electron chi connectivity index (χ3n) is 4.07. The number of carbonyl (C=O) groups excluding carboxylic acids is 1. The Morgan fingerprint density at radius 1 is 1.23 bits per heavy atom. The Kier molecular flexibility index (Phi) is 5.92. The van der Waals surface area contributed by atoms with E-state index in [-0.39, 0.29) is 17.3 Å². The van der Waals surface area contributed by atoms with Crippen molar-refractivity contribution in [3.8, 4) is 0 Å². The van der Waals surface area contributed by atoms with Gasteiger partial charge in [0.2, 0.25) is 15.9 Å². The highest BCUT2D eigenvalue weighted by Gasteiger charge is 2.22. The number of benzene rings is 2. The molecular formula is C18H19ClN2O3S2. The summed E-state index contributed by atoms with van der Waals surface area (Å²) in [5, 5.41) is 0.601. The first-order valence-electron chi connectivity index (χ1n) is 8.16. The largest absolute Gasteiger partial charge is 0.311 e. The van der Waals surface area contributed by atoms with Crippen molar-refractivity contribution >= 4 is 45.0 Å². The van der Waals surface area contributed by atoms with E-state index in [9.17, 15) is 13.2 Å². The molecule has 8 heteroatoms. The van der Waals surface area contributed by atoms with E-state index in [1.165, 1.54) is 6.92 Å². The molecule has 0 aliphatic carbocycles. The van der Waals surface area contributed by atoms with E-state index in [2.05, 4.69) is 4.72 Å². The number of hydrogen-bond acceptors (Lipinski definition) is 4. The number of halogens is 1. The minimum Gasteiger partial charge on any atom is -0.311 e. The molecule has 1 heterocycles. The number of rotatable bonds is 4. The Morgan fingerprint density at radius 2 is 1.96 bits per heavy atom. The average molecular weight is 411 g/mol. The molecule has 0 radical (unpaired) electrons. The van der Waals surface area contributed by atoms with Gasteiger partial charge in [-0.3, -0.25) is 4.79 Å². The molecule has 2 aromatic rings. The van der Waals surface area contributed by atoms with Crippen LogP contribution in [0.2, 0.25) is 5.02 Å². The van der Waals surface area contributed by atoms with Gasteiger partial charge < -0.3 is 4.90 Å². The first-order valence-corrected chi connectivity index (χ1v) is 11.0. The van der Waals surface area contributed by atoms with Gasteiger partial charge in [-0.1, -0.05) is 23.7 Å². The maximum atomic E-state index is 12.7. The Balaban J connectivity index is 1.86. The predicted molar refractivity (Wildman–Crippen MR) is 105 cm³/mol. The number of nitrogens with zero attached hydrogens (tertiary/aromatic N) is 1. The van der Waals surface area contributed by atoms with E-state index in [1.54, 1.807) is 59.1 Å². The summed E-state index contributed by atoms with van der Waals surface area (Å²) in [6.45, 7) is 2.26. The summed E-state index contributed by atoms with van der Waals surface area (Å²) < 4.78 is 27.9. The van der Waals surface area contributed by atoms with Crippen molar-refractivity contribution in [3.05, 3.63) is 53.1 Å². The van der Waals surface area contributed by atoms with Crippen LogP contribution in [-0.4, -0.2) is 26.6 Å². The second-order valence-electron chi connectivity index (χ2n) is 5.95. The van der Waals surface area contributed by atoms with Crippen molar-refractivity contribution in [2.45, 2.75) is 29.7 Å². The van der Waals surface area contributed by atoms with Gasteiger partial charge in [0.25, 0.3) is 0 Å². The summed E-state index contributed by atoms with van der Waals surface area (Å²) in [5.74, 6) is 0.815. The fourth-order valence-corrected chi connectivity index (χ4v) is 4.85. The van der Waals surface area contributed by atoms with Crippen molar-refractivity contribution < 1.29 is 13.2 Å². The normalized spacial score (nSPS) is 14.6. The van der Waals surface area contributed by atoms with Gasteiger partial charge in [-0.05, 0) is 48.1 Å². The molecule has 5 nitrogen and oxygen atoms in total. The highest BCUT2D eigenvalue weighted by molar-refractivity contribution is 7.99. The molecule has 0 spiro atoms. The molecule has 1 N–H and O–H groups in total. The topological polar surface area (TPSA) is 66.5 Å². The van der Waals surface area contributed by atoms with Crippen LogP contribution in [0, 0.1) is 0 Å². The Morgan fingerprint density at radius 3 is 2.65 bits per heavy atom. The van der Waals surface area contributed by atoms with E-state index in [4.69, 9.17) is 11.6 Å². The number of hydrogen-bond donors (Lipinski definition) is 1. The van der Waals surface area contributed by atoms with Crippen LogP contribution >= 0.6 is 23.4 Å². The van der Waals surface area contributed by atoms with Gasteiger partial charge in [-0.15, -0.1) is 11.8 Å². The summed E-state index contributed by atoms with van der Waals surface area (Å²) in [6, 6.07) is 11.9. The lowest BCUT2D eigenvalue weighted by atomic mass is 10.2. The summed E-state index contributed by atoms with van der Waals surface area (Å²) in [7, 11) is -3.69. The summed E-state index contributed by atoms with van der Waals surface area (Å²) >= 11 is 7.48. The maximum absolute atomic E-state index is 12.7. The van der Waals surface area contributed by atoms with Crippen LogP contribution in [0.1, 0.15) is 18.9 Å². The molecule has 0 saturated carbocycles. The van der Waals surface area contributed by atoms with Crippen LogP contribution in [-0.2, 0) is 21.4 Å². The number of fused-ring (bicyclic) bond motifs is 1. The van der Waals surface area contributed by atoms with E-state index in [0.717, 1.165) is 22.6 Å². The van der Waals surface area contributed by atoms with E-state index < -0.39 is 10.0 Å². The molecule has 0 fully saturated rings. The van der Waals surface area contributed by atoms with Crippen LogP contribution in [0.3, 0.4) is 0 Å². The third kappa shape index (κ3) is 4.40.